The van der Waals surface area contributed by atoms with Crippen molar-refractivity contribution in [3.63, 3.8) is 0 Å². The molecule has 21 heavy (non-hydrogen) atoms. The highest BCUT2D eigenvalue weighted by Crippen LogP contribution is 2.24. The van der Waals surface area contributed by atoms with Gasteiger partial charge >= 0.3 is 0 Å². The third kappa shape index (κ3) is 2.15. The van der Waals surface area contributed by atoms with Crippen molar-refractivity contribution in [3.8, 4) is 0 Å². The fourth-order valence-corrected chi connectivity index (χ4v) is 3.61. The van der Waals surface area contributed by atoms with E-state index in [9.17, 15) is 8.42 Å². The Balaban J connectivity index is 2.24. The molecule has 0 amide bonds. The van der Waals surface area contributed by atoms with Crippen molar-refractivity contribution < 1.29 is 8.42 Å². The van der Waals surface area contributed by atoms with E-state index in [1.54, 1.807) is 54.9 Å². The van der Waals surface area contributed by atoms with Crippen molar-refractivity contribution in [3.05, 3.63) is 66.6 Å². The van der Waals surface area contributed by atoms with Crippen LogP contribution in [0.1, 0.15) is 11.3 Å². The van der Waals surface area contributed by atoms with Gasteiger partial charge in [-0.05, 0) is 37.3 Å². The molecule has 0 saturated heterocycles. The van der Waals surface area contributed by atoms with Gasteiger partial charge in [0.15, 0.2) is 0 Å². The molecular formula is C16H14N2O2S. The first-order valence-electron chi connectivity index (χ1n) is 6.45. The monoisotopic (exact) mass is 298 g/mol. The third-order valence-electron chi connectivity index (χ3n) is 3.38. The van der Waals surface area contributed by atoms with Gasteiger partial charge in [0.2, 0.25) is 0 Å². The standard InChI is InChI=1S/C16H14N2O2S/c1-3-15-14-9-11-18(16(14)8-10-17-15)21(19,20)13-6-4-12(2)5-7-13/h3-11H,1H2,2H3. The van der Waals surface area contributed by atoms with E-state index in [0.29, 0.717) is 11.2 Å². The molecule has 3 rings (SSSR count). The van der Waals surface area contributed by atoms with Crippen LogP contribution in [0.3, 0.4) is 0 Å². The number of hydrogen-bond donors (Lipinski definition) is 0. The minimum absolute atomic E-state index is 0.266. The van der Waals surface area contributed by atoms with Gasteiger partial charge in [0.05, 0.1) is 16.1 Å². The van der Waals surface area contributed by atoms with Crippen molar-refractivity contribution in [2.75, 3.05) is 0 Å². The Hall–Kier alpha value is -2.40. The number of rotatable bonds is 3. The average Bonchev–Trinajstić information content (AvgIpc) is 2.92. The zero-order valence-corrected chi connectivity index (χ0v) is 12.3. The lowest BCUT2D eigenvalue weighted by Crippen LogP contribution is -2.11. The number of fused-ring (bicyclic) bond motifs is 1. The van der Waals surface area contributed by atoms with E-state index in [4.69, 9.17) is 0 Å². The summed E-state index contributed by atoms with van der Waals surface area (Å²) in [6.07, 6.45) is 4.75. The SMILES string of the molecule is C=Cc1nccc2c1ccn2S(=O)(=O)c1ccc(C)cc1. The Morgan fingerprint density at radius 3 is 2.52 bits per heavy atom. The van der Waals surface area contributed by atoms with Gasteiger partial charge in [-0.1, -0.05) is 24.3 Å². The van der Waals surface area contributed by atoms with E-state index in [0.717, 1.165) is 10.9 Å². The number of hydrogen-bond acceptors (Lipinski definition) is 3. The van der Waals surface area contributed by atoms with Crippen LogP contribution < -0.4 is 0 Å². The minimum atomic E-state index is -3.61. The Labute approximate surface area is 123 Å². The molecule has 0 aliphatic carbocycles. The molecule has 0 fully saturated rings. The lowest BCUT2D eigenvalue weighted by Gasteiger charge is -2.08. The molecular weight excluding hydrogens is 284 g/mol. The Morgan fingerprint density at radius 2 is 1.86 bits per heavy atom. The van der Waals surface area contributed by atoms with Crippen LogP contribution in [0, 0.1) is 6.92 Å². The maximum Gasteiger partial charge on any atom is 0.268 e. The highest BCUT2D eigenvalue weighted by atomic mass is 32.2. The molecule has 2 heterocycles. The number of nitrogens with zero attached hydrogens (tertiary/aromatic N) is 2. The summed E-state index contributed by atoms with van der Waals surface area (Å²) in [5.74, 6) is 0. The van der Waals surface area contributed by atoms with Gasteiger partial charge < -0.3 is 0 Å². The molecule has 5 heteroatoms. The summed E-state index contributed by atoms with van der Waals surface area (Å²) in [6.45, 7) is 5.62. The molecule has 0 aliphatic heterocycles. The fourth-order valence-electron chi connectivity index (χ4n) is 2.26. The van der Waals surface area contributed by atoms with Crippen LogP contribution in [0.2, 0.25) is 0 Å². The van der Waals surface area contributed by atoms with Gasteiger partial charge in [0, 0.05) is 17.8 Å². The molecule has 0 N–H and O–H groups in total. The molecule has 0 atom stereocenters. The van der Waals surface area contributed by atoms with E-state index >= 15 is 0 Å². The van der Waals surface area contributed by atoms with Crippen LogP contribution in [0.4, 0.5) is 0 Å². The topological polar surface area (TPSA) is 52.0 Å². The highest BCUT2D eigenvalue weighted by Gasteiger charge is 2.19. The lowest BCUT2D eigenvalue weighted by molar-refractivity contribution is 0.589. The molecule has 4 nitrogen and oxygen atoms in total. The van der Waals surface area contributed by atoms with E-state index in [2.05, 4.69) is 11.6 Å². The second-order valence-electron chi connectivity index (χ2n) is 4.76. The van der Waals surface area contributed by atoms with Crippen LogP contribution in [-0.4, -0.2) is 17.4 Å². The molecule has 0 unspecified atom stereocenters. The normalized spacial score (nSPS) is 11.7. The summed E-state index contributed by atoms with van der Waals surface area (Å²) in [6, 6.07) is 10.2. The molecule has 106 valence electrons. The minimum Gasteiger partial charge on any atom is -0.256 e. The van der Waals surface area contributed by atoms with Crippen LogP contribution in [0.5, 0.6) is 0 Å². The molecule has 0 bridgehead atoms. The number of aromatic nitrogens is 2. The summed E-state index contributed by atoms with van der Waals surface area (Å²) in [5, 5.41) is 0.767. The number of aryl methyl sites for hydroxylation is 1. The lowest BCUT2D eigenvalue weighted by atomic mass is 10.2. The van der Waals surface area contributed by atoms with Crippen molar-refractivity contribution in [2.24, 2.45) is 0 Å². The number of benzene rings is 1. The predicted octanol–water partition coefficient (Wildman–Crippen LogP) is 3.22. The van der Waals surface area contributed by atoms with E-state index in [1.807, 2.05) is 6.92 Å². The van der Waals surface area contributed by atoms with Gasteiger partial charge in [-0.25, -0.2) is 12.4 Å². The van der Waals surface area contributed by atoms with Crippen LogP contribution in [0.25, 0.3) is 17.0 Å². The maximum atomic E-state index is 12.7. The van der Waals surface area contributed by atoms with E-state index in [-0.39, 0.29) is 4.90 Å². The largest absolute Gasteiger partial charge is 0.268 e. The molecule has 0 spiro atoms. The summed E-state index contributed by atoms with van der Waals surface area (Å²) in [7, 11) is -3.61. The average molecular weight is 298 g/mol. The van der Waals surface area contributed by atoms with Crippen molar-refractivity contribution >= 4 is 27.0 Å². The molecule has 1 aromatic carbocycles. The van der Waals surface area contributed by atoms with Crippen LogP contribution >= 0.6 is 0 Å². The zero-order chi connectivity index (χ0) is 15.0. The Bertz CT molecular complexity index is 923. The van der Waals surface area contributed by atoms with Crippen LogP contribution in [0.15, 0.2) is 60.3 Å². The predicted molar refractivity (Wildman–Crippen MR) is 83.6 cm³/mol. The third-order valence-corrected chi connectivity index (χ3v) is 5.09. The van der Waals surface area contributed by atoms with E-state index < -0.39 is 10.0 Å². The first-order chi connectivity index (χ1) is 10.0. The summed E-state index contributed by atoms with van der Waals surface area (Å²) < 4.78 is 26.8. The smallest absolute Gasteiger partial charge is 0.256 e. The van der Waals surface area contributed by atoms with Gasteiger partial charge in [0.1, 0.15) is 0 Å². The molecule has 0 radical (unpaired) electrons. The number of pyridine rings is 1. The summed E-state index contributed by atoms with van der Waals surface area (Å²) >= 11 is 0. The highest BCUT2D eigenvalue weighted by molar-refractivity contribution is 7.90. The van der Waals surface area contributed by atoms with Gasteiger partial charge in [0.25, 0.3) is 10.0 Å². The molecule has 2 aromatic heterocycles. The van der Waals surface area contributed by atoms with Crippen molar-refractivity contribution in [1.82, 2.24) is 8.96 Å². The van der Waals surface area contributed by atoms with Gasteiger partial charge in [-0.15, -0.1) is 0 Å². The molecule has 0 saturated carbocycles. The fraction of sp³-hybridized carbons (Fsp3) is 0.0625. The second-order valence-corrected chi connectivity index (χ2v) is 6.58. The van der Waals surface area contributed by atoms with Gasteiger partial charge in [-0.2, -0.15) is 0 Å². The summed E-state index contributed by atoms with van der Waals surface area (Å²) in [5.41, 5.74) is 2.29. The Morgan fingerprint density at radius 1 is 1.14 bits per heavy atom. The first kappa shape index (κ1) is 13.6. The first-order valence-corrected chi connectivity index (χ1v) is 7.89. The molecule has 3 aromatic rings. The quantitative estimate of drug-likeness (QED) is 0.746. The van der Waals surface area contributed by atoms with Crippen molar-refractivity contribution in [2.45, 2.75) is 11.8 Å². The summed E-state index contributed by atoms with van der Waals surface area (Å²) in [4.78, 5) is 4.45. The molecule has 0 aliphatic rings. The zero-order valence-electron chi connectivity index (χ0n) is 11.5. The van der Waals surface area contributed by atoms with Crippen LogP contribution in [-0.2, 0) is 10.0 Å². The second kappa shape index (κ2) is 4.86. The maximum absolute atomic E-state index is 12.7. The van der Waals surface area contributed by atoms with Crippen molar-refractivity contribution in [1.29, 1.82) is 0 Å². The van der Waals surface area contributed by atoms with Gasteiger partial charge in [-0.3, -0.25) is 4.98 Å². The van der Waals surface area contributed by atoms with E-state index in [1.165, 1.54) is 3.97 Å². The Kier molecular flexibility index (Phi) is 3.14.